The Hall–Kier alpha value is -1.62. The van der Waals surface area contributed by atoms with Gasteiger partial charge in [-0.25, -0.2) is 0 Å². The van der Waals surface area contributed by atoms with Gasteiger partial charge in [-0.05, 0) is 62.8 Å². The van der Waals surface area contributed by atoms with Crippen molar-refractivity contribution in [1.82, 2.24) is 0 Å². The Balaban J connectivity index is 2.22. The summed E-state index contributed by atoms with van der Waals surface area (Å²) in [7, 11) is 0. The Labute approximate surface area is 197 Å². The molecule has 0 spiro atoms. The molecular formula is C25H38O5. The molecule has 5 nitrogen and oxygen atoms in total. The molecule has 30 heavy (non-hydrogen) atoms. The monoisotopic (exact) mass is 430 g/mol. The lowest BCUT2D eigenvalue weighted by atomic mass is 9.65. The first kappa shape index (κ1) is 11.8. The van der Waals surface area contributed by atoms with E-state index in [1.807, 2.05) is 0 Å². The fourth-order valence-electron chi connectivity index (χ4n) is 3.83. The Morgan fingerprint density at radius 1 is 1.50 bits per heavy atom. The molecule has 1 N–H and O–H groups in total. The molecule has 168 valence electrons. The van der Waals surface area contributed by atoms with Crippen LogP contribution in [0.5, 0.6) is 0 Å². The fraction of sp³-hybridized carbons (Fsp3) is 0.760. The van der Waals surface area contributed by atoms with Crippen LogP contribution in [0.1, 0.15) is 89.4 Å². The van der Waals surface area contributed by atoms with Gasteiger partial charge in [-0.1, -0.05) is 38.9 Å². The van der Waals surface area contributed by atoms with Crippen LogP contribution >= 0.6 is 0 Å². The minimum Gasteiger partial charge on any atom is -0.462 e. The Kier molecular flexibility index (Phi) is 3.65. The highest BCUT2D eigenvalue weighted by molar-refractivity contribution is 5.76. The summed E-state index contributed by atoms with van der Waals surface area (Å²) in [6.45, 7) is 2.58. The number of aliphatic hydroxyl groups is 1. The van der Waals surface area contributed by atoms with Crippen molar-refractivity contribution in [3.05, 3.63) is 23.7 Å². The highest BCUT2D eigenvalue weighted by Gasteiger charge is 2.43. The van der Waals surface area contributed by atoms with Crippen LogP contribution in [-0.4, -0.2) is 35.4 Å². The van der Waals surface area contributed by atoms with Gasteiger partial charge in [0, 0.05) is 24.7 Å². The first-order valence-electron chi connectivity index (χ1n) is 16.3. The molecule has 1 saturated heterocycles. The van der Waals surface area contributed by atoms with Gasteiger partial charge in [0.15, 0.2) is 0 Å². The largest absolute Gasteiger partial charge is 0.462 e. The summed E-state index contributed by atoms with van der Waals surface area (Å²) in [5.41, 5.74) is -1.63. The number of hydrogen-bond donors (Lipinski definition) is 1. The minimum absolute atomic E-state index is 0.106. The van der Waals surface area contributed by atoms with Gasteiger partial charge >= 0.3 is 11.9 Å². The first-order valence-corrected chi connectivity index (χ1v) is 10.3. The summed E-state index contributed by atoms with van der Waals surface area (Å²) >= 11 is 0. The van der Waals surface area contributed by atoms with E-state index in [1.165, 1.54) is 20.8 Å². The normalized spacial score (nSPS) is 52.0. The summed E-state index contributed by atoms with van der Waals surface area (Å²) in [5, 5.41) is 10.2. The quantitative estimate of drug-likeness (QED) is 0.624. The number of fused-ring (bicyclic) bond motifs is 1. The third-order valence-electron chi connectivity index (χ3n) is 6.10. The van der Waals surface area contributed by atoms with Gasteiger partial charge < -0.3 is 14.6 Å². The molecule has 0 radical (unpaired) electrons. The third-order valence-corrected chi connectivity index (χ3v) is 6.10. The number of carbonyl (C=O) groups excluding carboxylic acids is 2. The number of aliphatic hydroxyl groups excluding tert-OH is 1. The second-order valence-electron chi connectivity index (χ2n) is 8.69. The zero-order valence-electron chi connectivity index (χ0n) is 29.8. The molecule has 3 aliphatic rings. The molecule has 2 unspecified atom stereocenters. The molecule has 5 heteroatoms. The molecule has 0 saturated carbocycles. The fourth-order valence-corrected chi connectivity index (χ4v) is 3.83. The van der Waals surface area contributed by atoms with Crippen LogP contribution in [-0.2, 0) is 19.1 Å². The van der Waals surface area contributed by atoms with E-state index in [4.69, 9.17) is 25.9 Å². The average Bonchev–Trinajstić information content (AvgIpc) is 2.86. The van der Waals surface area contributed by atoms with Crippen LogP contribution < -0.4 is 0 Å². The molecule has 0 aromatic carbocycles. The zero-order chi connectivity index (χ0) is 32.6. The van der Waals surface area contributed by atoms with Crippen LogP contribution in [0.3, 0.4) is 0 Å². The minimum atomic E-state index is -3.46. The maximum Gasteiger partial charge on any atom is 0.311 e. The van der Waals surface area contributed by atoms with E-state index in [1.54, 1.807) is 6.92 Å². The van der Waals surface area contributed by atoms with Crippen molar-refractivity contribution in [1.29, 1.82) is 0 Å². The van der Waals surface area contributed by atoms with Crippen molar-refractivity contribution in [2.75, 3.05) is 0 Å². The van der Waals surface area contributed by atoms with Crippen LogP contribution in [0.25, 0.3) is 0 Å². The molecule has 1 fully saturated rings. The predicted octanol–water partition coefficient (Wildman–Crippen LogP) is 4.59. The van der Waals surface area contributed by atoms with Crippen LogP contribution in [0.15, 0.2) is 23.7 Å². The Morgan fingerprint density at radius 2 is 2.27 bits per heavy atom. The molecule has 0 amide bonds. The van der Waals surface area contributed by atoms with Crippen LogP contribution in [0, 0.1) is 29.0 Å². The van der Waals surface area contributed by atoms with Crippen LogP contribution in [0.2, 0.25) is 0 Å². The van der Waals surface area contributed by atoms with Gasteiger partial charge in [0.05, 0.1) is 22.0 Å². The number of cyclic esters (lactones) is 1. The second-order valence-corrected chi connectivity index (χ2v) is 8.69. The molecule has 0 aromatic rings. The van der Waals surface area contributed by atoms with Crippen molar-refractivity contribution in [2.45, 2.75) is 91.3 Å². The summed E-state index contributed by atoms with van der Waals surface area (Å²) in [6.07, 6.45) is -10.9. The van der Waals surface area contributed by atoms with Crippen molar-refractivity contribution in [3.8, 4) is 0 Å². The van der Waals surface area contributed by atoms with Gasteiger partial charge in [0.2, 0.25) is 0 Å². The smallest absolute Gasteiger partial charge is 0.311 e. The molecule has 7 atom stereocenters. The van der Waals surface area contributed by atoms with Crippen molar-refractivity contribution < 1.29 is 40.6 Å². The number of carbonyl (C=O) groups is 2. The second kappa shape index (κ2) is 9.25. The van der Waals surface area contributed by atoms with E-state index >= 15 is 0 Å². The Morgan fingerprint density at radius 3 is 2.93 bits per heavy atom. The maximum absolute atomic E-state index is 13.3. The van der Waals surface area contributed by atoms with E-state index in [9.17, 15) is 14.7 Å². The Bertz CT molecular complexity index is 1190. The van der Waals surface area contributed by atoms with Crippen molar-refractivity contribution >= 4 is 11.9 Å². The molecule has 1 aliphatic heterocycles. The highest BCUT2D eigenvalue weighted by atomic mass is 16.6. The summed E-state index contributed by atoms with van der Waals surface area (Å²) < 4.78 is 112. The first-order chi connectivity index (χ1) is 18.8. The molecule has 2 aliphatic carbocycles. The lowest BCUT2D eigenvalue weighted by Gasteiger charge is -2.44. The van der Waals surface area contributed by atoms with Crippen molar-refractivity contribution in [3.63, 3.8) is 0 Å². The van der Waals surface area contributed by atoms with Crippen LogP contribution in [0.4, 0.5) is 0 Å². The predicted molar refractivity (Wildman–Crippen MR) is 115 cm³/mol. The highest BCUT2D eigenvalue weighted by Crippen LogP contribution is 2.45. The van der Waals surface area contributed by atoms with E-state index in [-0.39, 0.29) is 25.7 Å². The summed E-state index contributed by atoms with van der Waals surface area (Å²) in [5.74, 6) is -10.2. The van der Waals surface area contributed by atoms with Crippen molar-refractivity contribution in [2.24, 2.45) is 29.0 Å². The molecule has 3 rings (SSSR count). The lowest BCUT2D eigenvalue weighted by molar-refractivity contribution is -0.166. The summed E-state index contributed by atoms with van der Waals surface area (Å²) in [4.78, 5) is 25.5. The number of hydrogen-bond acceptors (Lipinski definition) is 5. The van der Waals surface area contributed by atoms with E-state index in [0.29, 0.717) is 0 Å². The van der Waals surface area contributed by atoms with Gasteiger partial charge in [0.1, 0.15) is 12.2 Å². The maximum atomic E-state index is 13.3. The molecule has 1 heterocycles. The topological polar surface area (TPSA) is 72.8 Å². The average molecular weight is 431 g/mol. The molecule has 0 aromatic heterocycles. The zero-order valence-corrected chi connectivity index (χ0v) is 17.8. The van der Waals surface area contributed by atoms with Gasteiger partial charge in [-0.2, -0.15) is 0 Å². The third kappa shape index (κ3) is 5.16. The standard InChI is InChI=1S/C25H38O5/c1-6-25(4,5)24(28)30-21-12-15(2)11-17-8-7-16(3)20(23(17)21)10-9-19-13-18(26)14-22(27)29-19/h7-8,11,15-16,18-21,23,26H,6,9-10,12-14H2,1-5H3/t15-,16-,18+,19?,20-,21?,23-/m0/s1/i2D3,7D,8D,11D,12D2,14D2,15D,16D. The number of allylic oxidation sites excluding steroid dienone is 3. The van der Waals surface area contributed by atoms with Gasteiger partial charge in [-0.15, -0.1) is 0 Å². The van der Waals surface area contributed by atoms with E-state index in [2.05, 4.69) is 0 Å². The number of ether oxygens (including phenoxy) is 2. The number of rotatable bonds is 6. The number of esters is 2. The van der Waals surface area contributed by atoms with Gasteiger partial charge in [-0.3, -0.25) is 9.59 Å². The lowest BCUT2D eigenvalue weighted by Crippen LogP contribution is -2.43. The van der Waals surface area contributed by atoms with E-state index in [0.717, 1.165) is 0 Å². The summed E-state index contributed by atoms with van der Waals surface area (Å²) in [6, 6.07) is -2.41. The molecule has 0 bridgehead atoms. The SMILES string of the molecule is [2H]C1=C([2H])[C@]([2H])(C)[C@H](CCC2C[C@@H](O)C([2H])([2H])C(=O)O2)[C@@H]2C1=C([2H])[C@]([2H])(C([2H])([2H])[2H])C([2H])([2H])C2OC(=O)C(C)(C)CC. The van der Waals surface area contributed by atoms with Gasteiger partial charge in [0.25, 0.3) is 0 Å². The van der Waals surface area contributed by atoms with E-state index < -0.39 is 103 Å². The molecular weight excluding hydrogens is 380 g/mol.